The Morgan fingerprint density at radius 3 is 2.45 bits per heavy atom. The Balaban J connectivity index is 2.42. The van der Waals surface area contributed by atoms with E-state index in [9.17, 15) is 0 Å². The van der Waals surface area contributed by atoms with Crippen LogP contribution in [0.3, 0.4) is 0 Å². The summed E-state index contributed by atoms with van der Waals surface area (Å²) >= 11 is 0. The maximum Gasteiger partial charge on any atom is 0.0199 e. The van der Waals surface area contributed by atoms with E-state index in [1.165, 1.54) is 57.9 Å². The zero-order valence-corrected chi connectivity index (χ0v) is 14.6. The van der Waals surface area contributed by atoms with Crippen molar-refractivity contribution >= 4 is 0 Å². The van der Waals surface area contributed by atoms with Crippen LogP contribution in [0.5, 0.6) is 0 Å². The molecule has 0 saturated heterocycles. The van der Waals surface area contributed by atoms with Gasteiger partial charge in [-0.25, -0.2) is 0 Å². The van der Waals surface area contributed by atoms with Crippen LogP contribution in [-0.4, -0.2) is 37.6 Å². The minimum atomic E-state index is 0.665. The van der Waals surface area contributed by atoms with Crippen LogP contribution in [0.4, 0.5) is 0 Å². The van der Waals surface area contributed by atoms with Crippen molar-refractivity contribution in [2.24, 2.45) is 11.8 Å². The predicted octanol–water partition coefficient (Wildman–Crippen LogP) is 4.30. The second-order valence-corrected chi connectivity index (χ2v) is 7.62. The molecule has 0 aliphatic heterocycles. The lowest BCUT2D eigenvalue weighted by atomic mass is 9.95. The second kappa shape index (κ2) is 9.78. The highest BCUT2D eigenvalue weighted by Crippen LogP contribution is 2.27. The van der Waals surface area contributed by atoms with E-state index in [1.807, 2.05) is 0 Å². The monoisotopic (exact) mass is 282 g/mol. The van der Waals surface area contributed by atoms with Crippen LogP contribution >= 0.6 is 0 Å². The lowest BCUT2D eigenvalue weighted by molar-refractivity contribution is 0.275. The van der Waals surface area contributed by atoms with Gasteiger partial charge < -0.3 is 10.2 Å². The van der Waals surface area contributed by atoms with Crippen LogP contribution in [0, 0.1) is 11.8 Å². The standard InChI is InChI=1S/C18H38N2/c1-6-8-16-9-7-10-17(12-11-16)19-18(13-15(2)3)14-20(4)5/h15-19H,6-14H2,1-5H3. The van der Waals surface area contributed by atoms with E-state index in [-0.39, 0.29) is 0 Å². The van der Waals surface area contributed by atoms with Gasteiger partial charge >= 0.3 is 0 Å². The predicted molar refractivity (Wildman–Crippen MR) is 90.2 cm³/mol. The highest BCUT2D eigenvalue weighted by molar-refractivity contribution is 4.80. The first-order chi connectivity index (χ1) is 9.51. The third-order valence-corrected chi connectivity index (χ3v) is 4.60. The lowest BCUT2D eigenvalue weighted by Crippen LogP contribution is -2.44. The molecule has 3 atom stereocenters. The third-order valence-electron chi connectivity index (χ3n) is 4.60. The lowest BCUT2D eigenvalue weighted by Gasteiger charge is -2.28. The van der Waals surface area contributed by atoms with Crippen LogP contribution < -0.4 is 5.32 Å². The molecule has 0 aromatic rings. The molecule has 3 unspecified atom stereocenters. The summed E-state index contributed by atoms with van der Waals surface area (Å²) < 4.78 is 0. The van der Waals surface area contributed by atoms with E-state index in [1.54, 1.807) is 0 Å². The Morgan fingerprint density at radius 1 is 1.10 bits per heavy atom. The maximum atomic E-state index is 3.98. The maximum absolute atomic E-state index is 3.98. The molecule has 20 heavy (non-hydrogen) atoms. The fourth-order valence-electron chi connectivity index (χ4n) is 3.78. The molecule has 1 N–H and O–H groups in total. The normalized spacial score (nSPS) is 25.9. The molecule has 2 nitrogen and oxygen atoms in total. The molecule has 1 rings (SSSR count). The number of likely N-dealkylation sites (N-methyl/N-ethyl adjacent to an activating group) is 1. The van der Waals surface area contributed by atoms with Gasteiger partial charge in [0, 0.05) is 18.6 Å². The van der Waals surface area contributed by atoms with Gasteiger partial charge in [0.25, 0.3) is 0 Å². The molecule has 1 aliphatic carbocycles. The largest absolute Gasteiger partial charge is 0.310 e. The summed E-state index contributed by atoms with van der Waals surface area (Å²) in [6.45, 7) is 8.19. The average Bonchev–Trinajstić information content (AvgIpc) is 2.54. The van der Waals surface area contributed by atoms with Gasteiger partial charge in [-0.1, -0.05) is 46.5 Å². The van der Waals surface area contributed by atoms with Crippen molar-refractivity contribution in [3.63, 3.8) is 0 Å². The number of hydrogen-bond acceptors (Lipinski definition) is 2. The highest BCUT2D eigenvalue weighted by atomic mass is 15.1. The van der Waals surface area contributed by atoms with E-state index < -0.39 is 0 Å². The Bertz CT molecular complexity index is 228. The van der Waals surface area contributed by atoms with Crippen molar-refractivity contribution in [3.8, 4) is 0 Å². The molecule has 0 heterocycles. The summed E-state index contributed by atoms with van der Waals surface area (Å²) in [7, 11) is 4.39. The quantitative estimate of drug-likeness (QED) is 0.668. The van der Waals surface area contributed by atoms with Gasteiger partial charge in [-0.2, -0.15) is 0 Å². The molecular weight excluding hydrogens is 244 g/mol. The van der Waals surface area contributed by atoms with Gasteiger partial charge in [0.2, 0.25) is 0 Å². The Kier molecular flexibility index (Phi) is 8.79. The molecule has 0 bridgehead atoms. The second-order valence-electron chi connectivity index (χ2n) is 7.62. The van der Waals surface area contributed by atoms with Gasteiger partial charge in [-0.15, -0.1) is 0 Å². The van der Waals surface area contributed by atoms with Crippen molar-refractivity contribution in [1.82, 2.24) is 10.2 Å². The van der Waals surface area contributed by atoms with Crippen molar-refractivity contribution in [3.05, 3.63) is 0 Å². The fourth-order valence-corrected chi connectivity index (χ4v) is 3.78. The van der Waals surface area contributed by atoms with Crippen molar-refractivity contribution < 1.29 is 0 Å². The summed E-state index contributed by atoms with van der Waals surface area (Å²) in [5.41, 5.74) is 0. The van der Waals surface area contributed by atoms with E-state index in [0.29, 0.717) is 6.04 Å². The summed E-state index contributed by atoms with van der Waals surface area (Å²) in [6.07, 6.45) is 11.2. The van der Waals surface area contributed by atoms with Crippen LogP contribution in [0.1, 0.15) is 72.1 Å². The van der Waals surface area contributed by atoms with E-state index >= 15 is 0 Å². The van der Waals surface area contributed by atoms with Gasteiger partial charge in [0.1, 0.15) is 0 Å². The number of rotatable bonds is 8. The van der Waals surface area contributed by atoms with Gasteiger partial charge in [0.15, 0.2) is 0 Å². The molecule has 1 fully saturated rings. The van der Waals surface area contributed by atoms with Gasteiger partial charge in [-0.3, -0.25) is 0 Å². The van der Waals surface area contributed by atoms with E-state index in [4.69, 9.17) is 0 Å². The van der Waals surface area contributed by atoms with Gasteiger partial charge in [0.05, 0.1) is 0 Å². The topological polar surface area (TPSA) is 15.3 Å². The SMILES string of the molecule is CCCC1CCCC(NC(CC(C)C)CN(C)C)CC1. The summed E-state index contributed by atoms with van der Waals surface area (Å²) in [5, 5.41) is 3.98. The number of nitrogens with zero attached hydrogens (tertiary/aromatic N) is 1. The smallest absolute Gasteiger partial charge is 0.0199 e. The first-order valence-electron chi connectivity index (χ1n) is 8.92. The Morgan fingerprint density at radius 2 is 1.85 bits per heavy atom. The van der Waals surface area contributed by atoms with Crippen LogP contribution in [-0.2, 0) is 0 Å². The van der Waals surface area contributed by atoms with Gasteiger partial charge in [-0.05, 0) is 51.6 Å². The van der Waals surface area contributed by atoms with Crippen molar-refractivity contribution in [2.45, 2.75) is 84.2 Å². The Labute approximate surface area is 127 Å². The molecular formula is C18H38N2. The summed E-state index contributed by atoms with van der Waals surface area (Å²) in [4.78, 5) is 2.33. The van der Waals surface area contributed by atoms with Crippen LogP contribution in [0.2, 0.25) is 0 Å². The van der Waals surface area contributed by atoms with E-state index in [0.717, 1.165) is 17.9 Å². The molecule has 0 aromatic carbocycles. The highest BCUT2D eigenvalue weighted by Gasteiger charge is 2.21. The molecule has 0 aromatic heterocycles. The molecule has 2 heteroatoms. The van der Waals surface area contributed by atoms with Crippen molar-refractivity contribution in [2.75, 3.05) is 20.6 Å². The fraction of sp³-hybridized carbons (Fsp3) is 1.00. The minimum Gasteiger partial charge on any atom is -0.310 e. The third kappa shape index (κ3) is 7.64. The summed E-state index contributed by atoms with van der Waals surface area (Å²) in [5.74, 6) is 1.79. The first kappa shape index (κ1) is 18.0. The van der Waals surface area contributed by atoms with Crippen molar-refractivity contribution in [1.29, 1.82) is 0 Å². The molecule has 0 radical (unpaired) electrons. The summed E-state index contributed by atoms with van der Waals surface area (Å²) in [6, 6.07) is 1.43. The van der Waals surface area contributed by atoms with Crippen LogP contribution in [0.15, 0.2) is 0 Å². The molecule has 1 aliphatic rings. The Hall–Kier alpha value is -0.0800. The average molecular weight is 283 g/mol. The number of hydrogen-bond donors (Lipinski definition) is 1. The number of nitrogens with one attached hydrogen (secondary N) is 1. The first-order valence-corrected chi connectivity index (χ1v) is 8.92. The zero-order chi connectivity index (χ0) is 15.0. The molecule has 1 saturated carbocycles. The molecule has 0 amide bonds. The van der Waals surface area contributed by atoms with E-state index in [2.05, 4.69) is 45.1 Å². The minimum absolute atomic E-state index is 0.665. The zero-order valence-electron chi connectivity index (χ0n) is 14.6. The molecule has 120 valence electrons. The van der Waals surface area contributed by atoms with Crippen LogP contribution in [0.25, 0.3) is 0 Å². The molecule has 0 spiro atoms.